The lowest BCUT2D eigenvalue weighted by Crippen LogP contribution is -2.42. The van der Waals surface area contributed by atoms with Gasteiger partial charge >= 0.3 is 0 Å². The van der Waals surface area contributed by atoms with E-state index in [1.807, 2.05) is 36.5 Å². The number of anilines is 2. The number of aromatic nitrogens is 4. The predicted octanol–water partition coefficient (Wildman–Crippen LogP) is 4.65. The van der Waals surface area contributed by atoms with Crippen LogP contribution in [0.4, 0.5) is 11.6 Å². The van der Waals surface area contributed by atoms with Crippen LogP contribution in [0.2, 0.25) is 5.02 Å². The van der Waals surface area contributed by atoms with Gasteiger partial charge in [0.2, 0.25) is 11.9 Å². The third-order valence-electron chi connectivity index (χ3n) is 7.93. The van der Waals surface area contributed by atoms with Gasteiger partial charge < -0.3 is 25.7 Å². The second kappa shape index (κ2) is 14.0. The fraction of sp³-hybridized carbons (Fsp3) is 0.344. The number of hydrogen-bond donors (Lipinski definition) is 4. The maximum Gasteiger partial charge on any atom is 0.270 e. The van der Waals surface area contributed by atoms with Gasteiger partial charge in [-0.1, -0.05) is 35.9 Å². The second-order valence-electron chi connectivity index (χ2n) is 11.1. The number of fused-ring (bicyclic) bond motifs is 1. The first-order chi connectivity index (χ1) is 21.5. The number of para-hydroxylation sites is 1. The Balaban J connectivity index is 1.01. The van der Waals surface area contributed by atoms with Gasteiger partial charge in [-0.25, -0.2) is 15.0 Å². The van der Waals surface area contributed by atoms with Gasteiger partial charge in [0.15, 0.2) is 0 Å². The largest absolute Gasteiger partial charge is 0.379 e. The molecule has 4 aromatic rings. The average Bonchev–Trinajstić information content (AvgIpc) is 3.47. The molecule has 1 aliphatic carbocycles. The Morgan fingerprint density at radius 3 is 2.75 bits per heavy atom. The molecule has 1 aromatic carbocycles. The molecule has 0 radical (unpaired) electrons. The highest BCUT2D eigenvalue weighted by atomic mass is 35.5. The number of H-pyrrole nitrogens is 1. The summed E-state index contributed by atoms with van der Waals surface area (Å²) in [6.45, 7) is 3.86. The van der Waals surface area contributed by atoms with Crippen molar-refractivity contribution in [3.63, 3.8) is 0 Å². The van der Waals surface area contributed by atoms with Gasteiger partial charge in [-0.15, -0.1) is 0 Å². The minimum absolute atomic E-state index is 0.0214. The molecule has 0 spiro atoms. The number of carbonyl (C=O) groups excluding carboxylic acids is 2. The van der Waals surface area contributed by atoms with Crippen LogP contribution in [-0.4, -0.2) is 81.6 Å². The van der Waals surface area contributed by atoms with Gasteiger partial charge in [0.25, 0.3) is 5.91 Å². The van der Waals surface area contributed by atoms with E-state index in [9.17, 15) is 9.59 Å². The van der Waals surface area contributed by atoms with E-state index in [0.717, 1.165) is 68.5 Å². The summed E-state index contributed by atoms with van der Waals surface area (Å²) in [5, 5.41) is 10.9. The zero-order valence-electron chi connectivity index (χ0n) is 24.3. The Bertz CT molecular complexity index is 1630. The van der Waals surface area contributed by atoms with Gasteiger partial charge in [-0.2, -0.15) is 0 Å². The molecule has 0 unspecified atom stereocenters. The number of hydrogen-bond acceptors (Lipinski definition) is 8. The van der Waals surface area contributed by atoms with Gasteiger partial charge in [0, 0.05) is 60.5 Å². The fourth-order valence-corrected chi connectivity index (χ4v) is 5.86. The molecular weight excluding hydrogens is 580 g/mol. The Morgan fingerprint density at radius 2 is 1.91 bits per heavy atom. The van der Waals surface area contributed by atoms with Crippen LogP contribution < -0.4 is 16.0 Å². The Labute approximate surface area is 260 Å². The Kier molecular flexibility index (Phi) is 9.45. The third-order valence-corrected chi connectivity index (χ3v) is 8.21. The molecule has 2 amide bonds. The number of carbonyl (C=O) groups is 2. The van der Waals surface area contributed by atoms with Crippen LogP contribution in [0, 0.1) is 0 Å². The van der Waals surface area contributed by atoms with E-state index in [1.54, 1.807) is 18.3 Å². The molecule has 3 aromatic heterocycles. The SMILES string of the molecule is O=C(/C=C/CN1CCOCC1)Nc1ccc(C(=O)N[C@H]2CCC[C@@H](Nc3ncc(Cl)c(-c4c[nH]c5ccccc45)n3)C2)nc1. The minimum atomic E-state index is -0.247. The molecule has 4 N–H and O–H groups in total. The van der Waals surface area contributed by atoms with Crippen molar-refractivity contribution in [2.45, 2.75) is 37.8 Å². The van der Waals surface area contributed by atoms with E-state index >= 15 is 0 Å². The molecule has 11 nitrogen and oxygen atoms in total. The Morgan fingerprint density at radius 1 is 1.07 bits per heavy atom. The van der Waals surface area contributed by atoms with E-state index in [-0.39, 0.29) is 23.9 Å². The predicted molar refractivity (Wildman–Crippen MR) is 171 cm³/mol. The van der Waals surface area contributed by atoms with Crippen molar-refractivity contribution >= 4 is 46.0 Å². The number of aromatic amines is 1. The summed E-state index contributed by atoms with van der Waals surface area (Å²) in [6, 6.07) is 11.4. The van der Waals surface area contributed by atoms with Crippen LogP contribution in [0.3, 0.4) is 0 Å². The van der Waals surface area contributed by atoms with Crippen LogP contribution in [0.15, 0.2) is 67.1 Å². The summed E-state index contributed by atoms with van der Waals surface area (Å²) in [5.74, 6) is 0.0152. The number of amides is 2. The summed E-state index contributed by atoms with van der Waals surface area (Å²) < 4.78 is 5.34. The van der Waals surface area contributed by atoms with Gasteiger partial charge in [0.05, 0.1) is 42.0 Å². The number of pyridine rings is 1. The van der Waals surface area contributed by atoms with Crippen molar-refractivity contribution < 1.29 is 14.3 Å². The quantitative estimate of drug-likeness (QED) is 0.200. The fourth-order valence-electron chi connectivity index (χ4n) is 5.67. The summed E-state index contributed by atoms with van der Waals surface area (Å²) in [4.78, 5) is 44.2. The molecule has 4 heterocycles. The highest BCUT2D eigenvalue weighted by Crippen LogP contribution is 2.32. The molecule has 44 heavy (non-hydrogen) atoms. The maximum atomic E-state index is 13.0. The first-order valence-electron chi connectivity index (χ1n) is 14.9. The zero-order valence-corrected chi connectivity index (χ0v) is 25.0. The van der Waals surface area contributed by atoms with Gasteiger partial charge in [-0.3, -0.25) is 14.5 Å². The number of nitrogens with zero attached hydrogens (tertiary/aromatic N) is 4. The van der Waals surface area contributed by atoms with Crippen LogP contribution >= 0.6 is 11.6 Å². The molecule has 12 heteroatoms. The van der Waals surface area contributed by atoms with Gasteiger partial charge in [-0.05, 0) is 43.9 Å². The highest BCUT2D eigenvalue weighted by molar-refractivity contribution is 6.33. The summed E-state index contributed by atoms with van der Waals surface area (Å²) >= 11 is 6.50. The highest BCUT2D eigenvalue weighted by Gasteiger charge is 2.25. The number of benzene rings is 1. The molecule has 228 valence electrons. The van der Waals surface area contributed by atoms with Crippen LogP contribution in [-0.2, 0) is 9.53 Å². The first kappa shape index (κ1) is 29.7. The second-order valence-corrected chi connectivity index (χ2v) is 11.5. The van der Waals surface area contributed by atoms with Crippen molar-refractivity contribution in [1.29, 1.82) is 0 Å². The molecule has 2 atom stereocenters. The number of nitrogens with one attached hydrogen (secondary N) is 4. The molecule has 0 bridgehead atoms. The van der Waals surface area contributed by atoms with Crippen LogP contribution in [0.5, 0.6) is 0 Å². The van der Waals surface area contributed by atoms with Crippen LogP contribution in [0.1, 0.15) is 36.2 Å². The maximum absolute atomic E-state index is 13.0. The first-order valence-corrected chi connectivity index (χ1v) is 15.3. The smallest absolute Gasteiger partial charge is 0.270 e. The van der Waals surface area contributed by atoms with E-state index < -0.39 is 0 Å². The summed E-state index contributed by atoms with van der Waals surface area (Å²) in [5.41, 5.74) is 3.42. The lowest BCUT2D eigenvalue weighted by atomic mass is 9.91. The van der Waals surface area contributed by atoms with E-state index in [2.05, 4.69) is 35.8 Å². The molecular formula is C32H35ClN8O3. The molecule has 1 aliphatic heterocycles. The number of halogens is 1. The number of ether oxygens (including phenoxy) is 1. The van der Waals surface area contributed by atoms with E-state index in [4.69, 9.17) is 21.3 Å². The molecule has 2 fully saturated rings. The molecule has 2 aliphatic rings. The molecule has 1 saturated carbocycles. The minimum Gasteiger partial charge on any atom is -0.379 e. The van der Waals surface area contributed by atoms with Crippen molar-refractivity contribution in [3.8, 4) is 11.3 Å². The van der Waals surface area contributed by atoms with Crippen molar-refractivity contribution in [1.82, 2.24) is 30.2 Å². The van der Waals surface area contributed by atoms with Crippen molar-refractivity contribution in [2.24, 2.45) is 0 Å². The van der Waals surface area contributed by atoms with Gasteiger partial charge in [0.1, 0.15) is 5.69 Å². The third kappa shape index (κ3) is 7.42. The lowest BCUT2D eigenvalue weighted by Gasteiger charge is -2.30. The monoisotopic (exact) mass is 614 g/mol. The topological polar surface area (TPSA) is 137 Å². The standard InChI is InChI=1S/C32H35ClN8O3/c33-26-20-36-32(40-30(26)25-19-35-27-8-2-1-7-24(25)27)39-22-6-3-5-21(17-22)38-31(43)28-11-10-23(18-34-28)37-29(42)9-4-12-41-13-15-44-16-14-41/h1-2,4,7-11,18-22,35H,3,5-6,12-17H2,(H,37,42)(H,38,43)(H,36,39,40)/b9-4+/t21-,22+/m0/s1. The summed E-state index contributed by atoms with van der Waals surface area (Å²) in [6.07, 6.45) is 11.9. The Hall–Kier alpha value is -4.32. The van der Waals surface area contributed by atoms with Crippen molar-refractivity contribution in [3.05, 3.63) is 77.9 Å². The molecule has 1 saturated heterocycles. The average molecular weight is 615 g/mol. The number of morpholine rings is 1. The zero-order chi connectivity index (χ0) is 30.3. The van der Waals surface area contributed by atoms with E-state index in [1.165, 1.54) is 12.3 Å². The normalized spacial score (nSPS) is 19.2. The summed E-state index contributed by atoms with van der Waals surface area (Å²) in [7, 11) is 0. The molecule has 6 rings (SSSR count). The van der Waals surface area contributed by atoms with Crippen molar-refractivity contribution in [2.75, 3.05) is 43.5 Å². The van der Waals surface area contributed by atoms with E-state index in [0.29, 0.717) is 34.6 Å². The van der Waals surface area contributed by atoms with Crippen LogP contribution in [0.25, 0.3) is 22.2 Å². The number of rotatable bonds is 9. The lowest BCUT2D eigenvalue weighted by molar-refractivity contribution is -0.111.